The van der Waals surface area contributed by atoms with Crippen LogP contribution in [-0.2, 0) is 4.79 Å². The first kappa shape index (κ1) is 18.7. The maximum atomic E-state index is 12.3. The van der Waals surface area contributed by atoms with Gasteiger partial charge in [0.1, 0.15) is 11.5 Å². The van der Waals surface area contributed by atoms with Crippen molar-refractivity contribution in [1.29, 1.82) is 5.26 Å². The van der Waals surface area contributed by atoms with Crippen molar-refractivity contribution in [3.8, 4) is 17.6 Å². The highest BCUT2D eigenvalue weighted by Gasteiger charge is 2.22. The highest BCUT2D eigenvalue weighted by atomic mass is 16.5. The van der Waals surface area contributed by atoms with Gasteiger partial charge in [0.25, 0.3) is 0 Å². The molecule has 1 saturated carbocycles. The van der Waals surface area contributed by atoms with Gasteiger partial charge in [0.15, 0.2) is 0 Å². The summed E-state index contributed by atoms with van der Waals surface area (Å²) in [4.78, 5) is 12.3. The molecule has 1 aliphatic carbocycles. The largest absolute Gasteiger partial charge is 0.497 e. The van der Waals surface area contributed by atoms with Crippen LogP contribution in [0.5, 0.6) is 11.5 Å². The Morgan fingerprint density at radius 2 is 1.81 bits per heavy atom. The Kier molecular flexibility index (Phi) is 6.27. The van der Waals surface area contributed by atoms with Gasteiger partial charge in [-0.2, -0.15) is 5.26 Å². The number of nitrogens with zero attached hydrogens (tertiary/aromatic N) is 1. The Labute approximate surface area is 160 Å². The van der Waals surface area contributed by atoms with Gasteiger partial charge in [0, 0.05) is 0 Å². The predicted molar refractivity (Wildman–Crippen MR) is 105 cm³/mol. The van der Waals surface area contributed by atoms with Gasteiger partial charge in [-0.15, -0.1) is 0 Å². The van der Waals surface area contributed by atoms with Crippen molar-refractivity contribution in [3.05, 3.63) is 59.7 Å². The van der Waals surface area contributed by atoms with E-state index in [1.807, 2.05) is 36.4 Å². The Morgan fingerprint density at radius 1 is 1.07 bits per heavy atom. The molecule has 0 N–H and O–H groups in total. The smallest absolute Gasteiger partial charge is 0.314 e. The minimum atomic E-state index is -0.147. The molecule has 0 aromatic heterocycles. The summed E-state index contributed by atoms with van der Waals surface area (Å²) < 4.78 is 10.7. The standard InChI is InChI=1S/C23H23NO3/c1-26-21-12-10-18(11-13-21)20(16-24)14-17-6-5-9-22(15-17)27-23(25)19-7-3-2-4-8-19/h5-6,9-15,19H,2-4,7-8H2,1H3/b20-14-. The summed E-state index contributed by atoms with van der Waals surface area (Å²) in [5.41, 5.74) is 2.16. The van der Waals surface area contributed by atoms with Crippen molar-refractivity contribution in [1.82, 2.24) is 0 Å². The van der Waals surface area contributed by atoms with E-state index in [1.54, 1.807) is 25.3 Å². The maximum absolute atomic E-state index is 12.3. The highest BCUT2D eigenvalue weighted by Crippen LogP contribution is 2.27. The van der Waals surface area contributed by atoms with Gasteiger partial charge in [0.05, 0.1) is 24.7 Å². The number of ether oxygens (including phenoxy) is 2. The molecule has 0 saturated heterocycles. The van der Waals surface area contributed by atoms with Gasteiger partial charge in [-0.1, -0.05) is 31.4 Å². The van der Waals surface area contributed by atoms with E-state index in [4.69, 9.17) is 9.47 Å². The van der Waals surface area contributed by atoms with Gasteiger partial charge in [-0.3, -0.25) is 4.79 Å². The fraction of sp³-hybridized carbons (Fsp3) is 0.304. The van der Waals surface area contributed by atoms with Crippen molar-refractivity contribution in [2.45, 2.75) is 32.1 Å². The normalized spacial score (nSPS) is 15.0. The van der Waals surface area contributed by atoms with Gasteiger partial charge in [-0.25, -0.2) is 0 Å². The van der Waals surface area contributed by atoms with Crippen LogP contribution in [0.1, 0.15) is 43.2 Å². The SMILES string of the molecule is COc1ccc(/C(C#N)=C\c2cccc(OC(=O)C3CCCCC3)c2)cc1. The van der Waals surface area contributed by atoms with E-state index < -0.39 is 0 Å². The van der Waals surface area contributed by atoms with Gasteiger partial charge in [-0.05, 0) is 66.4 Å². The Morgan fingerprint density at radius 3 is 2.48 bits per heavy atom. The van der Waals surface area contributed by atoms with E-state index in [2.05, 4.69) is 6.07 Å². The Bertz CT molecular complexity index is 856. The number of benzene rings is 2. The summed E-state index contributed by atoms with van der Waals surface area (Å²) in [5.74, 6) is 1.12. The molecule has 1 fully saturated rings. The lowest BCUT2D eigenvalue weighted by Gasteiger charge is -2.19. The fourth-order valence-electron chi connectivity index (χ4n) is 3.32. The Hall–Kier alpha value is -3.06. The summed E-state index contributed by atoms with van der Waals surface area (Å²) in [6, 6.07) is 16.9. The van der Waals surface area contributed by atoms with Crippen LogP contribution >= 0.6 is 0 Å². The molecule has 3 rings (SSSR count). The molecular weight excluding hydrogens is 338 g/mol. The van der Waals surface area contributed by atoms with E-state index in [0.29, 0.717) is 11.3 Å². The summed E-state index contributed by atoms with van der Waals surface area (Å²) >= 11 is 0. The van der Waals surface area contributed by atoms with Gasteiger partial charge >= 0.3 is 5.97 Å². The number of esters is 1. The molecule has 0 radical (unpaired) electrons. The second-order valence-electron chi connectivity index (χ2n) is 6.73. The second-order valence-corrected chi connectivity index (χ2v) is 6.73. The maximum Gasteiger partial charge on any atom is 0.314 e. The zero-order chi connectivity index (χ0) is 19.1. The van der Waals surface area contributed by atoms with Gasteiger partial charge < -0.3 is 9.47 Å². The molecule has 0 bridgehead atoms. The molecule has 1 aliphatic rings. The van der Waals surface area contributed by atoms with Crippen LogP contribution in [-0.4, -0.2) is 13.1 Å². The zero-order valence-corrected chi connectivity index (χ0v) is 15.5. The first-order valence-electron chi connectivity index (χ1n) is 9.27. The molecule has 2 aromatic rings. The van der Waals surface area contributed by atoms with E-state index >= 15 is 0 Å². The molecule has 4 nitrogen and oxygen atoms in total. The molecule has 0 atom stereocenters. The third-order valence-electron chi connectivity index (χ3n) is 4.85. The van der Waals surface area contributed by atoms with Crippen molar-refractivity contribution in [2.24, 2.45) is 5.92 Å². The summed E-state index contributed by atoms with van der Waals surface area (Å²) in [5, 5.41) is 9.52. The quantitative estimate of drug-likeness (QED) is 0.316. The van der Waals surface area contributed by atoms with Crippen LogP contribution in [0.15, 0.2) is 48.5 Å². The summed E-state index contributed by atoms with van der Waals surface area (Å²) in [6.07, 6.45) is 7.00. The fourth-order valence-corrected chi connectivity index (χ4v) is 3.32. The lowest BCUT2D eigenvalue weighted by Crippen LogP contribution is -2.22. The van der Waals surface area contributed by atoms with Crippen LogP contribution in [0.4, 0.5) is 0 Å². The summed E-state index contributed by atoms with van der Waals surface area (Å²) in [7, 11) is 1.61. The number of allylic oxidation sites excluding steroid dienone is 1. The van der Waals surface area contributed by atoms with Crippen molar-refractivity contribution < 1.29 is 14.3 Å². The van der Waals surface area contributed by atoms with Crippen LogP contribution in [0.3, 0.4) is 0 Å². The number of rotatable bonds is 5. The molecule has 0 heterocycles. The van der Waals surface area contributed by atoms with E-state index in [0.717, 1.165) is 42.6 Å². The molecule has 27 heavy (non-hydrogen) atoms. The number of carbonyl (C=O) groups excluding carboxylic acids is 1. The number of hydrogen-bond donors (Lipinski definition) is 0. The van der Waals surface area contributed by atoms with Crippen molar-refractivity contribution in [3.63, 3.8) is 0 Å². The van der Waals surface area contributed by atoms with E-state index in [-0.39, 0.29) is 11.9 Å². The van der Waals surface area contributed by atoms with Crippen LogP contribution < -0.4 is 9.47 Å². The predicted octanol–water partition coefficient (Wildman–Crippen LogP) is 5.25. The minimum Gasteiger partial charge on any atom is -0.497 e. The van der Waals surface area contributed by atoms with Crippen molar-refractivity contribution >= 4 is 17.6 Å². The lowest BCUT2D eigenvalue weighted by atomic mass is 9.89. The van der Waals surface area contributed by atoms with Crippen molar-refractivity contribution in [2.75, 3.05) is 7.11 Å². The summed E-state index contributed by atoms with van der Waals surface area (Å²) in [6.45, 7) is 0. The first-order chi connectivity index (χ1) is 13.2. The lowest BCUT2D eigenvalue weighted by molar-refractivity contribution is -0.139. The zero-order valence-electron chi connectivity index (χ0n) is 15.5. The third kappa shape index (κ3) is 4.98. The number of carbonyl (C=O) groups is 1. The molecule has 0 amide bonds. The monoisotopic (exact) mass is 361 g/mol. The Balaban J connectivity index is 1.76. The molecule has 0 aliphatic heterocycles. The average Bonchev–Trinajstić information content (AvgIpc) is 2.73. The van der Waals surface area contributed by atoms with Crippen LogP contribution in [0.2, 0.25) is 0 Å². The number of methoxy groups -OCH3 is 1. The minimum absolute atomic E-state index is 0.00640. The van der Waals surface area contributed by atoms with E-state index in [9.17, 15) is 10.1 Å². The highest BCUT2D eigenvalue weighted by molar-refractivity contribution is 5.90. The van der Waals surface area contributed by atoms with E-state index in [1.165, 1.54) is 6.42 Å². The third-order valence-corrected chi connectivity index (χ3v) is 4.85. The second kappa shape index (κ2) is 9.05. The molecule has 0 unspecified atom stereocenters. The molecule has 138 valence electrons. The van der Waals surface area contributed by atoms with Crippen LogP contribution in [0, 0.1) is 17.2 Å². The molecular formula is C23H23NO3. The van der Waals surface area contributed by atoms with Gasteiger partial charge in [0.2, 0.25) is 0 Å². The average molecular weight is 361 g/mol. The molecule has 2 aromatic carbocycles. The first-order valence-corrected chi connectivity index (χ1v) is 9.27. The number of nitriles is 1. The molecule has 0 spiro atoms. The topological polar surface area (TPSA) is 59.3 Å². The number of hydrogen-bond acceptors (Lipinski definition) is 4. The van der Waals surface area contributed by atoms with Crippen LogP contribution in [0.25, 0.3) is 11.6 Å². The molecule has 4 heteroatoms.